The maximum Gasteiger partial charge on any atom is 0.463 e. The third-order valence-electron chi connectivity index (χ3n) is 15.7. The van der Waals surface area contributed by atoms with Gasteiger partial charge >= 0.3 is 69.8 Å². The summed E-state index contributed by atoms with van der Waals surface area (Å²) in [4.78, 5) is 58.0. The van der Waals surface area contributed by atoms with Crippen molar-refractivity contribution in [1.82, 2.24) is 0 Å². The van der Waals surface area contributed by atoms with E-state index in [0.29, 0.717) is 11.1 Å². The minimum atomic E-state index is -4.80. The van der Waals surface area contributed by atoms with Gasteiger partial charge < -0.3 is 63.8 Å². The van der Waals surface area contributed by atoms with Crippen molar-refractivity contribution in [3.63, 3.8) is 0 Å². The molecule has 0 amide bonds. The number of hydrogen-bond acceptors (Lipinski definition) is 24. The van der Waals surface area contributed by atoms with Crippen LogP contribution < -0.4 is 54.7 Å². The number of benzene rings is 13. The molecule has 0 N–H and O–H groups in total. The van der Waals surface area contributed by atoms with E-state index in [0.717, 1.165) is 5.56 Å². The normalized spacial score (nSPS) is 18.1. The van der Waals surface area contributed by atoms with Crippen molar-refractivity contribution in [2.45, 2.75) is 6.92 Å². The van der Waals surface area contributed by atoms with E-state index in [9.17, 15) is 9.59 Å². The van der Waals surface area contributed by atoms with E-state index in [1.54, 1.807) is 297 Å². The summed E-state index contributed by atoms with van der Waals surface area (Å²) in [6.07, 6.45) is 0. The predicted molar refractivity (Wildman–Crippen MR) is 432 cm³/mol. The van der Waals surface area contributed by atoms with E-state index in [1.165, 1.54) is 72.8 Å². The first-order valence-corrected chi connectivity index (χ1v) is 43.8. The number of carbonyl (C=O) groups excluding carboxylic acids is 4. The molecule has 0 saturated carbocycles. The van der Waals surface area contributed by atoms with Gasteiger partial charge in [-0.15, -0.1) is 0 Å². The lowest BCUT2D eigenvalue weighted by molar-refractivity contribution is 0.0720. The number of nitrogens with zero attached hydrogens (tertiary/aromatic N) is 6. The molecule has 0 bridgehead atoms. The summed E-state index contributed by atoms with van der Waals surface area (Å²) in [6, 6.07) is 101. The Bertz CT molecular complexity index is 5780. The summed E-state index contributed by atoms with van der Waals surface area (Å²) in [5, 5.41) is 0. The number of para-hydroxylation sites is 8. The summed E-state index contributed by atoms with van der Waals surface area (Å²) in [6.45, 7) is 1.91. The Morgan fingerprint density at radius 3 is 0.602 bits per heavy atom. The largest absolute Gasteiger partial charge is 0.463 e. The lowest BCUT2D eigenvalue weighted by Gasteiger charge is -2.33. The minimum absolute atomic E-state index is 0.0861. The highest BCUT2D eigenvalue weighted by molar-refractivity contribution is 7.80. The van der Waals surface area contributed by atoms with Gasteiger partial charge in [-0.3, -0.25) is 0 Å². The summed E-state index contributed by atoms with van der Waals surface area (Å²) in [5.74, 6) is -1.35. The smallest absolute Gasteiger partial charge is 0.423 e. The number of carbonyl (C=O) groups is 4. The van der Waals surface area contributed by atoms with Crippen molar-refractivity contribution < 1.29 is 82.9 Å². The zero-order chi connectivity index (χ0) is 77.4. The quantitative estimate of drug-likeness (QED) is 0.0250. The summed E-state index contributed by atoms with van der Waals surface area (Å²) >= 11 is 0. The maximum absolute atomic E-state index is 15.7. The van der Waals surface area contributed by atoms with Crippen LogP contribution in [0.25, 0.3) is 0 Å². The van der Waals surface area contributed by atoms with Crippen LogP contribution in [0.4, 0.5) is 0 Å². The van der Waals surface area contributed by atoms with E-state index >= 15 is 9.59 Å². The topological polar surface area (TPSA) is 272 Å². The molecule has 13 aromatic carbocycles. The van der Waals surface area contributed by atoms with Gasteiger partial charge in [0.25, 0.3) is 0 Å². The number of hydrogen-bond donors (Lipinski definition) is 0. The second-order valence-corrected chi connectivity index (χ2v) is 36.6. The summed E-state index contributed by atoms with van der Waals surface area (Å²) in [7, 11) is -27.7. The van der Waals surface area contributed by atoms with Crippen LogP contribution in [-0.4, -0.2) is 23.9 Å². The van der Waals surface area contributed by atoms with Gasteiger partial charge in [0.2, 0.25) is 0 Å². The van der Waals surface area contributed by atoms with Crippen molar-refractivity contribution in [3.05, 3.63) is 398 Å². The summed E-state index contributed by atoms with van der Waals surface area (Å²) < 4.78 is 126. The Labute approximate surface area is 649 Å². The van der Waals surface area contributed by atoms with Gasteiger partial charge in [-0.1, -0.05) is 209 Å². The lowest BCUT2D eigenvalue weighted by atomic mass is 10.1. The number of esters is 2. The SMILES string of the molecule is Cc1ccc(C(=O)Oc2ccc(OP3(Oc4ccccc4)=NP(Oc4ccccc4)(Oc4ccccc4)=NP(OC(=O)c4ccc(C(=O)OP5(Oc6ccccc6)=NP(Oc6ccccc6)(Oc6ccc(OC(=O)c7ccccc7)cc6)=NP(Oc6ccccc6)(Oc6ccccc6)=N5)cc4)(Oc4ccccc4)=N3)cc2)cc1. The van der Waals surface area contributed by atoms with Crippen molar-refractivity contribution in [2.75, 3.05) is 0 Å². The van der Waals surface area contributed by atoms with Gasteiger partial charge in [0.15, 0.2) is 0 Å². The molecule has 4 unspecified atom stereocenters. The molecule has 2 heterocycles. The first-order chi connectivity index (χ1) is 55.1. The Kier molecular flexibility index (Phi) is 22.8. The highest BCUT2D eigenvalue weighted by atomic mass is 31.3. The van der Waals surface area contributed by atoms with Crippen LogP contribution in [0.1, 0.15) is 47.0 Å². The van der Waals surface area contributed by atoms with Gasteiger partial charge in [0.05, 0.1) is 22.3 Å². The Balaban J connectivity index is 0.853. The van der Waals surface area contributed by atoms with Gasteiger partial charge in [0, 0.05) is 0 Å². The van der Waals surface area contributed by atoms with Gasteiger partial charge in [-0.2, -0.15) is 0 Å². The predicted octanol–water partition coefficient (Wildman–Crippen LogP) is 25.2. The van der Waals surface area contributed by atoms with Crippen LogP contribution in [0.2, 0.25) is 0 Å². The van der Waals surface area contributed by atoms with Crippen LogP contribution in [0.15, 0.2) is 397 Å². The Hall–Kier alpha value is -12.9. The summed E-state index contributed by atoms with van der Waals surface area (Å²) in [5.41, 5.74) is 1.28. The van der Waals surface area contributed by atoms with E-state index < -0.39 is 69.8 Å². The third kappa shape index (κ3) is 19.5. The molecule has 15 rings (SSSR count). The average Bonchev–Trinajstić information content (AvgIpc) is 0.735. The van der Waals surface area contributed by atoms with Gasteiger partial charge in [-0.25, -0.2) is 19.2 Å². The van der Waals surface area contributed by atoms with Crippen molar-refractivity contribution in [1.29, 1.82) is 0 Å². The molecule has 30 heteroatoms. The number of ether oxygens (including phenoxy) is 2. The zero-order valence-corrected chi connectivity index (χ0v) is 64.8. The molecule has 4 atom stereocenters. The molecular weight excluding hydrogens is 1550 g/mol. The second-order valence-electron chi connectivity index (χ2n) is 24.2. The maximum atomic E-state index is 15.7. The number of rotatable bonds is 28. The molecule has 13 aromatic rings. The van der Waals surface area contributed by atoms with Crippen LogP contribution in [0.3, 0.4) is 0 Å². The lowest BCUT2D eigenvalue weighted by Crippen LogP contribution is -2.13. The monoisotopic (exact) mass is 1620 g/mol. The first-order valence-electron chi connectivity index (χ1n) is 34.7. The van der Waals surface area contributed by atoms with Crippen molar-refractivity contribution >= 4 is 69.8 Å². The van der Waals surface area contributed by atoms with E-state index in [-0.39, 0.29) is 80.1 Å². The molecule has 0 spiro atoms. The van der Waals surface area contributed by atoms with Gasteiger partial charge in [-0.05, 0) is 201 Å². The standard InChI is InChI=1S/C83H64N6O18P6/c1-63-47-49-65(50-48-63)81(91)95-69-57-61-79(62-58-69)105-111(101-75-41-23-8-24-42-75)85-109(98-72-35-17-5-18-36-72,99-73-37-19-6-20-38-73)87-113(89-111,103-77-45-27-10-28-46-77)107-83(93)67-53-51-66(52-54-67)82(92)106-112(102-76-43-25-9-26-44-76)86-108(96-70-31-13-3-14-32-70,97-71-33-15-4-16-34-71)84-110(88-112,100-74-39-21-7-22-40-74)104-78-59-55-68(56-60-78)94-80(90)64-29-11-2-12-30-64/h2-62H,1H3. The van der Waals surface area contributed by atoms with Crippen LogP contribution in [0, 0.1) is 6.92 Å². The molecule has 0 fully saturated rings. The second kappa shape index (κ2) is 34.2. The Morgan fingerprint density at radius 1 is 0.186 bits per heavy atom. The van der Waals surface area contributed by atoms with Crippen molar-refractivity contribution in [2.24, 2.45) is 27.1 Å². The highest BCUT2D eigenvalue weighted by Gasteiger charge is 2.52. The minimum Gasteiger partial charge on any atom is -0.423 e. The molecule has 0 saturated heterocycles. The van der Waals surface area contributed by atoms with Gasteiger partial charge in [0.1, 0.15) is 69.0 Å². The molecular formula is C83H64N6O18P6. The molecule has 24 nitrogen and oxygen atoms in total. The van der Waals surface area contributed by atoms with E-state index in [2.05, 4.69) is 0 Å². The highest BCUT2D eigenvalue weighted by Crippen LogP contribution is 2.81. The fourth-order valence-electron chi connectivity index (χ4n) is 10.5. The molecule has 0 radical (unpaired) electrons. The Morgan fingerprint density at radius 2 is 0.354 bits per heavy atom. The molecule has 2 aliphatic rings. The first kappa shape index (κ1) is 75.5. The van der Waals surface area contributed by atoms with E-state index in [4.69, 9.17) is 90.9 Å². The average molecular weight is 1620 g/mol. The molecule has 2 aliphatic heterocycles. The molecule has 0 aliphatic carbocycles. The number of aryl methyl sites for hydroxylation is 1. The molecule has 564 valence electrons. The van der Waals surface area contributed by atoms with E-state index in [1.807, 2.05) is 6.92 Å². The fourth-order valence-corrected chi connectivity index (χ4v) is 28.5. The fraction of sp³-hybridized carbons (Fsp3) is 0.0120. The molecule has 113 heavy (non-hydrogen) atoms. The van der Waals surface area contributed by atoms with Crippen LogP contribution in [-0.2, 0) is 9.05 Å². The third-order valence-corrected chi connectivity index (χ3v) is 31.8. The van der Waals surface area contributed by atoms with Crippen LogP contribution >= 0.6 is 46.0 Å². The molecule has 0 aromatic heterocycles. The zero-order valence-electron chi connectivity index (χ0n) is 59.4. The van der Waals surface area contributed by atoms with Crippen molar-refractivity contribution in [3.8, 4) is 69.0 Å². The van der Waals surface area contributed by atoms with Crippen LogP contribution in [0.5, 0.6) is 69.0 Å².